The number of likely N-dealkylation sites (N-methyl/N-ethyl adjacent to an activating group) is 1. The van der Waals surface area contributed by atoms with Gasteiger partial charge in [0.2, 0.25) is 11.8 Å². The van der Waals surface area contributed by atoms with Crippen molar-refractivity contribution in [3.05, 3.63) is 35.6 Å². The highest BCUT2D eigenvalue weighted by Gasteiger charge is 2.30. The molecule has 0 saturated carbocycles. The van der Waals surface area contributed by atoms with Gasteiger partial charge in [-0.05, 0) is 43.9 Å². The van der Waals surface area contributed by atoms with E-state index in [-0.39, 0.29) is 42.5 Å². The summed E-state index contributed by atoms with van der Waals surface area (Å²) in [5, 5.41) is 0. The normalized spacial score (nSPS) is 16.7. The van der Waals surface area contributed by atoms with E-state index in [1.807, 2.05) is 0 Å². The SMILES string of the molecule is CCOC(=O)C1CCCN(C(=O)CN(C)C(=O)CCc2cccc(F)c2)C1. The third-order valence-corrected chi connectivity index (χ3v) is 4.71. The summed E-state index contributed by atoms with van der Waals surface area (Å²) in [6.45, 7) is 2.97. The minimum absolute atomic E-state index is 0.0302. The molecule has 2 amide bonds. The van der Waals surface area contributed by atoms with Crippen LogP contribution in [0.1, 0.15) is 31.7 Å². The molecule has 1 fully saturated rings. The van der Waals surface area contributed by atoms with E-state index in [1.54, 1.807) is 31.0 Å². The fourth-order valence-corrected chi connectivity index (χ4v) is 3.18. The first-order valence-electron chi connectivity index (χ1n) is 9.33. The Bertz CT molecular complexity index is 680. The molecule has 27 heavy (non-hydrogen) atoms. The summed E-state index contributed by atoms with van der Waals surface area (Å²) < 4.78 is 18.2. The number of nitrogens with zero attached hydrogens (tertiary/aromatic N) is 2. The summed E-state index contributed by atoms with van der Waals surface area (Å²) in [5.41, 5.74) is 0.747. The first-order valence-corrected chi connectivity index (χ1v) is 9.33. The zero-order chi connectivity index (χ0) is 19.8. The zero-order valence-electron chi connectivity index (χ0n) is 15.9. The number of rotatable bonds is 7. The lowest BCUT2D eigenvalue weighted by Crippen LogP contribution is -2.47. The Labute approximate surface area is 159 Å². The van der Waals surface area contributed by atoms with E-state index in [2.05, 4.69) is 0 Å². The van der Waals surface area contributed by atoms with Gasteiger partial charge in [0.1, 0.15) is 5.82 Å². The van der Waals surface area contributed by atoms with Crippen molar-refractivity contribution in [1.29, 1.82) is 0 Å². The molecule has 1 aliphatic rings. The molecule has 0 N–H and O–H groups in total. The van der Waals surface area contributed by atoms with Crippen LogP contribution in [0.5, 0.6) is 0 Å². The molecular weight excluding hydrogens is 351 g/mol. The van der Waals surface area contributed by atoms with Gasteiger partial charge in [0.15, 0.2) is 0 Å². The second-order valence-corrected chi connectivity index (χ2v) is 6.81. The number of halogens is 1. The monoisotopic (exact) mass is 378 g/mol. The van der Waals surface area contributed by atoms with Gasteiger partial charge in [0.05, 0.1) is 19.1 Å². The lowest BCUT2D eigenvalue weighted by molar-refractivity contribution is -0.152. The smallest absolute Gasteiger partial charge is 0.310 e. The van der Waals surface area contributed by atoms with Crippen molar-refractivity contribution in [3.8, 4) is 0 Å². The molecule has 0 bridgehead atoms. The van der Waals surface area contributed by atoms with E-state index in [9.17, 15) is 18.8 Å². The van der Waals surface area contributed by atoms with Crippen molar-refractivity contribution in [2.45, 2.75) is 32.6 Å². The van der Waals surface area contributed by atoms with E-state index in [1.165, 1.54) is 17.0 Å². The topological polar surface area (TPSA) is 66.9 Å². The largest absolute Gasteiger partial charge is 0.466 e. The van der Waals surface area contributed by atoms with Crippen molar-refractivity contribution in [3.63, 3.8) is 0 Å². The van der Waals surface area contributed by atoms with E-state index in [0.29, 0.717) is 32.5 Å². The molecule has 7 heteroatoms. The molecule has 0 spiro atoms. The molecular formula is C20H27FN2O4. The first kappa shape index (κ1) is 20.9. The number of amides is 2. The van der Waals surface area contributed by atoms with Crippen LogP contribution in [0.4, 0.5) is 4.39 Å². The van der Waals surface area contributed by atoms with Crippen molar-refractivity contribution in [1.82, 2.24) is 9.80 Å². The standard InChI is InChI=1S/C20H27FN2O4/c1-3-27-20(26)16-7-5-11-23(13-16)19(25)14-22(2)18(24)10-9-15-6-4-8-17(21)12-15/h4,6,8,12,16H,3,5,7,9-11,13-14H2,1-2H3. The maximum atomic E-state index is 13.2. The number of likely N-dealkylation sites (tertiary alicyclic amines) is 1. The number of aryl methyl sites for hydroxylation is 1. The zero-order valence-corrected chi connectivity index (χ0v) is 15.9. The summed E-state index contributed by atoms with van der Waals surface area (Å²) in [6, 6.07) is 6.14. The van der Waals surface area contributed by atoms with E-state index in [0.717, 1.165) is 12.0 Å². The maximum absolute atomic E-state index is 13.2. The highest BCUT2D eigenvalue weighted by atomic mass is 19.1. The second-order valence-electron chi connectivity index (χ2n) is 6.81. The van der Waals surface area contributed by atoms with E-state index >= 15 is 0 Å². The Kier molecular flexibility index (Phi) is 7.76. The van der Waals surface area contributed by atoms with Gasteiger partial charge < -0.3 is 14.5 Å². The molecule has 0 radical (unpaired) electrons. The van der Waals surface area contributed by atoms with Crippen LogP contribution in [0.2, 0.25) is 0 Å². The minimum Gasteiger partial charge on any atom is -0.466 e. The molecule has 1 saturated heterocycles. The Hall–Kier alpha value is -2.44. The minimum atomic E-state index is -0.329. The van der Waals surface area contributed by atoms with Gasteiger partial charge in [0, 0.05) is 26.6 Å². The quantitative estimate of drug-likeness (QED) is 0.681. The molecule has 1 aliphatic heterocycles. The van der Waals surface area contributed by atoms with Crippen LogP contribution in [0.15, 0.2) is 24.3 Å². The van der Waals surface area contributed by atoms with Crippen LogP contribution in [0, 0.1) is 11.7 Å². The lowest BCUT2D eigenvalue weighted by Gasteiger charge is -2.32. The molecule has 0 aromatic heterocycles. The van der Waals surface area contributed by atoms with E-state index < -0.39 is 0 Å². The molecule has 1 atom stereocenters. The van der Waals surface area contributed by atoms with E-state index in [4.69, 9.17) is 4.74 Å². The molecule has 1 aromatic rings. The van der Waals surface area contributed by atoms with Gasteiger partial charge in [-0.15, -0.1) is 0 Å². The Morgan fingerprint density at radius 1 is 1.33 bits per heavy atom. The first-order chi connectivity index (χ1) is 12.9. The fraction of sp³-hybridized carbons (Fsp3) is 0.550. The average Bonchev–Trinajstić information content (AvgIpc) is 2.66. The molecule has 1 heterocycles. The molecule has 2 rings (SSSR count). The van der Waals surface area contributed by atoms with Crippen molar-refractivity contribution in [2.24, 2.45) is 5.92 Å². The van der Waals surface area contributed by atoms with Crippen molar-refractivity contribution >= 4 is 17.8 Å². The van der Waals surface area contributed by atoms with Crippen LogP contribution >= 0.6 is 0 Å². The molecule has 1 unspecified atom stereocenters. The number of benzene rings is 1. The van der Waals surface area contributed by atoms with Crippen molar-refractivity contribution < 1.29 is 23.5 Å². The van der Waals surface area contributed by atoms with Gasteiger partial charge in [-0.25, -0.2) is 4.39 Å². The second kappa shape index (κ2) is 10.0. The summed E-state index contributed by atoms with van der Waals surface area (Å²) in [5.74, 6) is -1.24. The number of hydrogen-bond acceptors (Lipinski definition) is 4. The van der Waals surface area contributed by atoms with Crippen LogP contribution in [0.3, 0.4) is 0 Å². The number of piperidine rings is 1. The maximum Gasteiger partial charge on any atom is 0.310 e. The third-order valence-electron chi connectivity index (χ3n) is 4.71. The van der Waals surface area contributed by atoms with Crippen molar-refractivity contribution in [2.75, 3.05) is 33.3 Å². The van der Waals surface area contributed by atoms with Gasteiger partial charge >= 0.3 is 5.97 Å². The number of hydrogen-bond donors (Lipinski definition) is 0. The Morgan fingerprint density at radius 2 is 2.11 bits per heavy atom. The molecule has 148 valence electrons. The predicted molar refractivity (Wildman–Crippen MR) is 98.3 cm³/mol. The molecule has 0 aliphatic carbocycles. The number of carbonyl (C=O) groups excluding carboxylic acids is 3. The van der Waals surface area contributed by atoms with Crippen LogP contribution in [0.25, 0.3) is 0 Å². The fourth-order valence-electron chi connectivity index (χ4n) is 3.18. The van der Waals surface area contributed by atoms with Gasteiger partial charge in [-0.3, -0.25) is 14.4 Å². The predicted octanol–water partition coefficient (Wildman–Crippen LogP) is 2.02. The van der Waals surface area contributed by atoms with Gasteiger partial charge in [0.25, 0.3) is 0 Å². The molecule has 1 aromatic carbocycles. The molecule has 6 nitrogen and oxygen atoms in total. The number of esters is 1. The number of ether oxygens (including phenoxy) is 1. The lowest BCUT2D eigenvalue weighted by atomic mass is 9.98. The summed E-state index contributed by atoms with van der Waals surface area (Å²) in [6.07, 6.45) is 2.08. The average molecular weight is 378 g/mol. The van der Waals surface area contributed by atoms with Crippen LogP contribution < -0.4 is 0 Å². The van der Waals surface area contributed by atoms with Crippen LogP contribution in [-0.4, -0.2) is 60.9 Å². The number of carbonyl (C=O) groups is 3. The highest BCUT2D eigenvalue weighted by Crippen LogP contribution is 2.18. The van der Waals surface area contributed by atoms with Gasteiger partial charge in [-0.2, -0.15) is 0 Å². The van der Waals surface area contributed by atoms with Crippen LogP contribution in [-0.2, 0) is 25.5 Å². The Morgan fingerprint density at radius 3 is 2.81 bits per heavy atom. The Balaban J connectivity index is 1.81. The van der Waals surface area contributed by atoms with Gasteiger partial charge in [-0.1, -0.05) is 12.1 Å². The third kappa shape index (κ3) is 6.34. The highest BCUT2D eigenvalue weighted by molar-refractivity contribution is 5.85. The summed E-state index contributed by atoms with van der Waals surface area (Å²) >= 11 is 0. The summed E-state index contributed by atoms with van der Waals surface area (Å²) in [4.78, 5) is 39.7. The summed E-state index contributed by atoms with van der Waals surface area (Å²) in [7, 11) is 1.58.